The first-order chi connectivity index (χ1) is 9.86. The molecule has 0 amide bonds. The van der Waals surface area contributed by atoms with E-state index in [2.05, 4.69) is 20.9 Å². The van der Waals surface area contributed by atoms with Crippen molar-refractivity contribution in [2.75, 3.05) is 17.1 Å². The third-order valence-corrected chi connectivity index (χ3v) is 5.44. The highest BCUT2D eigenvalue weighted by Crippen LogP contribution is 2.27. The van der Waals surface area contributed by atoms with Gasteiger partial charge in [0.15, 0.2) is 0 Å². The largest absolute Gasteiger partial charge is 0.383 e. The van der Waals surface area contributed by atoms with Gasteiger partial charge in [0.1, 0.15) is 10.7 Å². The summed E-state index contributed by atoms with van der Waals surface area (Å²) in [5.74, 6) is -0.0183. The standard InChI is InChI=1S/C14H16BrN3O2S/c1-3-10-4-6-12(7-5-10)18(2)21(19,20)13-8-11(15)9-17-14(13)16/h4-9H,3H2,1-2H3,(H2,16,17). The monoisotopic (exact) mass is 369 g/mol. The number of nitrogens with two attached hydrogens (primary N) is 1. The smallest absolute Gasteiger partial charge is 0.267 e. The Bertz CT molecular complexity index is 745. The molecule has 0 aliphatic heterocycles. The summed E-state index contributed by atoms with van der Waals surface area (Å²) in [7, 11) is -2.25. The Balaban J connectivity index is 2.44. The van der Waals surface area contributed by atoms with Crippen LogP contribution >= 0.6 is 15.9 Å². The maximum absolute atomic E-state index is 12.6. The SMILES string of the molecule is CCc1ccc(N(C)S(=O)(=O)c2cc(Br)cnc2N)cc1. The summed E-state index contributed by atoms with van der Waals surface area (Å²) in [6.45, 7) is 2.04. The van der Waals surface area contributed by atoms with Crippen LogP contribution < -0.4 is 10.0 Å². The van der Waals surface area contributed by atoms with Gasteiger partial charge in [-0.2, -0.15) is 0 Å². The Labute approximate surface area is 133 Å². The van der Waals surface area contributed by atoms with Gasteiger partial charge in [0.05, 0.1) is 5.69 Å². The van der Waals surface area contributed by atoms with Crippen LogP contribution in [0.3, 0.4) is 0 Å². The lowest BCUT2D eigenvalue weighted by molar-refractivity contribution is 0.594. The van der Waals surface area contributed by atoms with Crippen molar-refractivity contribution >= 4 is 37.5 Å². The first kappa shape index (κ1) is 15.8. The molecule has 0 aliphatic rings. The van der Waals surface area contributed by atoms with Crippen molar-refractivity contribution in [1.82, 2.24) is 4.98 Å². The molecule has 1 aromatic carbocycles. The van der Waals surface area contributed by atoms with E-state index in [1.54, 1.807) is 12.1 Å². The highest BCUT2D eigenvalue weighted by atomic mass is 79.9. The van der Waals surface area contributed by atoms with E-state index < -0.39 is 10.0 Å². The van der Waals surface area contributed by atoms with Gasteiger partial charge in [-0.15, -0.1) is 0 Å². The fourth-order valence-corrected chi connectivity index (χ4v) is 3.64. The highest BCUT2D eigenvalue weighted by molar-refractivity contribution is 9.10. The Kier molecular flexibility index (Phi) is 4.53. The quantitative estimate of drug-likeness (QED) is 0.898. The van der Waals surface area contributed by atoms with Crippen LogP contribution in [0.25, 0.3) is 0 Å². The van der Waals surface area contributed by atoms with Crippen LogP contribution in [0.5, 0.6) is 0 Å². The van der Waals surface area contributed by atoms with Gasteiger partial charge >= 0.3 is 0 Å². The normalized spacial score (nSPS) is 11.4. The molecule has 0 radical (unpaired) electrons. The van der Waals surface area contributed by atoms with Gasteiger partial charge in [0, 0.05) is 17.7 Å². The van der Waals surface area contributed by atoms with Gasteiger partial charge in [0.25, 0.3) is 10.0 Å². The zero-order chi connectivity index (χ0) is 15.6. The average molecular weight is 370 g/mol. The Morgan fingerprint density at radius 1 is 1.29 bits per heavy atom. The fraction of sp³-hybridized carbons (Fsp3) is 0.214. The third-order valence-electron chi connectivity index (χ3n) is 3.20. The van der Waals surface area contributed by atoms with Crippen LogP contribution in [0.2, 0.25) is 0 Å². The first-order valence-corrected chi connectivity index (χ1v) is 8.58. The third kappa shape index (κ3) is 3.19. The minimum Gasteiger partial charge on any atom is -0.383 e. The molecular weight excluding hydrogens is 354 g/mol. The molecule has 7 heteroatoms. The second-order valence-electron chi connectivity index (χ2n) is 4.53. The zero-order valence-electron chi connectivity index (χ0n) is 11.7. The lowest BCUT2D eigenvalue weighted by Gasteiger charge is -2.20. The number of pyridine rings is 1. The van der Waals surface area contributed by atoms with Crippen LogP contribution in [-0.2, 0) is 16.4 Å². The molecule has 2 aromatic rings. The maximum Gasteiger partial charge on any atom is 0.267 e. The molecule has 0 fully saturated rings. The van der Waals surface area contributed by atoms with E-state index in [1.165, 1.54) is 23.6 Å². The number of aryl methyl sites for hydroxylation is 1. The number of hydrogen-bond acceptors (Lipinski definition) is 4. The number of halogens is 1. The van der Waals surface area contributed by atoms with Gasteiger partial charge in [-0.1, -0.05) is 19.1 Å². The number of nitrogen functional groups attached to an aromatic ring is 1. The molecule has 2 N–H and O–H groups in total. The number of benzene rings is 1. The predicted octanol–water partition coefficient (Wildman–Crippen LogP) is 2.81. The second kappa shape index (κ2) is 6.03. The van der Waals surface area contributed by atoms with Crippen LogP contribution in [0, 0.1) is 0 Å². The van der Waals surface area contributed by atoms with Crippen molar-refractivity contribution in [3.63, 3.8) is 0 Å². The highest BCUT2D eigenvalue weighted by Gasteiger charge is 2.24. The van der Waals surface area contributed by atoms with E-state index in [9.17, 15) is 8.42 Å². The predicted molar refractivity (Wildman–Crippen MR) is 87.8 cm³/mol. The van der Waals surface area contributed by atoms with E-state index >= 15 is 0 Å². The minimum absolute atomic E-state index is 0.0149. The number of aromatic nitrogens is 1. The van der Waals surface area contributed by atoms with E-state index in [1.807, 2.05) is 19.1 Å². The molecule has 1 heterocycles. The molecule has 0 atom stereocenters. The number of anilines is 2. The molecule has 0 aliphatic carbocycles. The molecule has 0 spiro atoms. The van der Waals surface area contributed by atoms with Crippen molar-refractivity contribution in [1.29, 1.82) is 0 Å². The molecule has 112 valence electrons. The Morgan fingerprint density at radius 3 is 2.48 bits per heavy atom. The number of hydrogen-bond donors (Lipinski definition) is 1. The van der Waals surface area contributed by atoms with Gasteiger partial charge in [-0.25, -0.2) is 13.4 Å². The molecule has 0 saturated heterocycles. The van der Waals surface area contributed by atoms with Gasteiger partial charge in [-0.05, 0) is 46.1 Å². The fourth-order valence-electron chi connectivity index (χ4n) is 1.87. The molecular formula is C14H16BrN3O2S. The summed E-state index contributed by atoms with van der Waals surface area (Å²) in [5, 5.41) is 0. The maximum atomic E-state index is 12.6. The molecule has 1 aromatic heterocycles. The van der Waals surface area contributed by atoms with E-state index in [0.29, 0.717) is 10.2 Å². The molecule has 0 saturated carbocycles. The summed E-state index contributed by atoms with van der Waals surface area (Å²) in [6, 6.07) is 8.82. The van der Waals surface area contributed by atoms with Crippen LogP contribution in [0.4, 0.5) is 11.5 Å². The van der Waals surface area contributed by atoms with Crippen LogP contribution in [0.15, 0.2) is 45.9 Å². The molecule has 21 heavy (non-hydrogen) atoms. The molecule has 2 rings (SSSR count). The minimum atomic E-state index is -3.75. The lowest BCUT2D eigenvalue weighted by Crippen LogP contribution is -2.27. The van der Waals surface area contributed by atoms with Gasteiger partial charge in [-0.3, -0.25) is 4.31 Å². The Hall–Kier alpha value is -1.60. The van der Waals surface area contributed by atoms with Gasteiger partial charge < -0.3 is 5.73 Å². The Morgan fingerprint density at radius 2 is 1.90 bits per heavy atom. The topological polar surface area (TPSA) is 76.3 Å². The van der Waals surface area contributed by atoms with Crippen molar-refractivity contribution in [2.24, 2.45) is 0 Å². The second-order valence-corrected chi connectivity index (χ2v) is 7.38. The number of nitrogens with zero attached hydrogens (tertiary/aromatic N) is 2. The molecule has 5 nitrogen and oxygen atoms in total. The molecule has 0 bridgehead atoms. The summed E-state index contributed by atoms with van der Waals surface area (Å²) < 4.78 is 27.1. The van der Waals surface area contributed by atoms with E-state index in [-0.39, 0.29) is 10.7 Å². The van der Waals surface area contributed by atoms with Crippen LogP contribution in [0.1, 0.15) is 12.5 Å². The van der Waals surface area contributed by atoms with Crippen molar-refractivity contribution in [3.05, 3.63) is 46.6 Å². The summed E-state index contributed by atoms with van der Waals surface area (Å²) in [4.78, 5) is 3.86. The average Bonchev–Trinajstić information content (AvgIpc) is 2.49. The van der Waals surface area contributed by atoms with Crippen LogP contribution in [-0.4, -0.2) is 20.4 Å². The first-order valence-electron chi connectivity index (χ1n) is 6.35. The number of sulfonamides is 1. The van der Waals surface area contributed by atoms with Gasteiger partial charge in [0.2, 0.25) is 0 Å². The van der Waals surface area contributed by atoms with E-state index in [4.69, 9.17) is 5.73 Å². The lowest BCUT2D eigenvalue weighted by atomic mass is 10.1. The zero-order valence-corrected chi connectivity index (χ0v) is 14.1. The van der Waals surface area contributed by atoms with Crippen molar-refractivity contribution in [2.45, 2.75) is 18.2 Å². The summed E-state index contributed by atoms with van der Waals surface area (Å²) >= 11 is 3.21. The summed E-state index contributed by atoms with van der Waals surface area (Å²) in [6.07, 6.45) is 2.36. The van der Waals surface area contributed by atoms with Crippen molar-refractivity contribution in [3.8, 4) is 0 Å². The van der Waals surface area contributed by atoms with Crippen molar-refractivity contribution < 1.29 is 8.42 Å². The summed E-state index contributed by atoms with van der Waals surface area (Å²) in [5.41, 5.74) is 7.42. The van der Waals surface area contributed by atoms with E-state index in [0.717, 1.165) is 12.0 Å². The number of rotatable bonds is 4. The molecule has 0 unspecified atom stereocenters.